The van der Waals surface area contributed by atoms with Gasteiger partial charge in [-0.15, -0.1) is 0 Å². The molecule has 1 aliphatic heterocycles. The molecule has 1 aliphatic rings. The van der Waals surface area contributed by atoms with Crippen molar-refractivity contribution >= 4 is 15.9 Å². The zero-order valence-corrected chi connectivity index (χ0v) is 19.5. The lowest BCUT2D eigenvalue weighted by molar-refractivity contribution is 0.0941. The van der Waals surface area contributed by atoms with E-state index in [9.17, 15) is 13.2 Å². The van der Waals surface area contributed by atoms with Crippen molar-refractivity contribution in [3.8, 4) is 5.75 Å². The summed E-state index contributed by atoms with van der Waals surface area (Å²) in [7, 11) is 1.87. The highest BCUT2D eigenvalue weighted by molar-refractivity contribution is 7.89. The van der Waals surface area contributed by atoms with Crippen LogP contribution in [0.15, 0.2) is 53.4 Å². The molecule has 9 heteroatoms. The molecule has 0 aliphatic carbocycles. The van der Waals surface area contributed by atoms with Gasteiger partial charge in [0.05, 0.1) is 24.2 Å². The van der Waals surface area contributed by atoms with Gasteiger partial charge in [0.25, 0.3) is 5.91 Å². The summed E-state index contributed by atoms with van der Waals surface area (Å²) in [5.41, 5.74) is 1.45. The van der Waals surface area contributed by atoms with E-state index >= 15 is 0 Å². The number of hydrogen-bond donors (Lipinski definition) is 2. The van der Waals surface area contributed by atoms with Gasteiger partial charge in [0.1, 0.15) is 5.75 Å². The van der Waals surface area contributed by atoms with E-state index in [0.717, 1.165) is 24.2 Å². The van der Waals surface area contributed by atoms with E-state index in [1.165, 1.54) is 24.3 Å². The molecule has 1 fully saturated rings. The SMILES string of the molecule is COc1ccc([C@@H](CNC(=O)c2ccc(S(=O)(=O)NC[C@H]3CCCO3)cc2)N(C)C)cc1. The fraction of sp³-hybridized carbons (Fsp3) is 0.435. The van der Waals surface area contributed by atoms with Gasteiger partial charge in [0.2, 0.25) is 10.0 Å². The van der Waals surface area contributed by atoms with Crippen LogP contribution < -0.4 is 14.8 Å². The first-order chi connectivity index (χ1) is 15.3. The van der Waals surface area contributed by atoms with Crippen LogP contribution in [0.1, 0.15) is 34.8 Å². The monoisotopic (exact) mass is 461 g/mol. The lowest BCUT2D eigenvalue weighted by atomic mass is 10.1. The normalized spacial score (nSPS) is 17.3. The molecular weight excluding hydrogens is 430 g/mol. The van der Waals surface area contributed by atoms with Crippen molar-refractivity contribution in [3.63, 3.8) is 0 Å². The van der Waals surface area contributed by atoms with E-state index in [1.807, 2.05) is 43.3 Å². The number of rotatable bonds is 10. The maximum Gasteiger partial charge on any atom is 0.251 e. The molecule has 3 rings (SSSR count). The van der Waals surface area contributed by atoms with Crippen molar-refractivity contribution in [2.45, 2.75) is 29.9 Å². The number of carbonyl (C=O) groups excluding carboxylic acids is 1. The molecule has 1 saturated heterocycles. The minimum atomic E-state index is -3.65. The van der Waals surface area contributed by atoms with Gasteiger partial charge in [-0.05, 0) is 68.9 Å². The van der Waals surface area contributed by atoms with E-state index in [0.29, 0.717) is 18.7 Å². The van der Waals surface area contributed by atoms with E-state index in [-0.39, 0.29) is 29.5 Å². The Labute approximate surface area is 190 Å². The predicted octanol–water partition coefficient (Wildman–Crippen LogP) is 2.19. The number of ether oxygens (including phenoxy) is 2. The number of nitrogens with zero attached hydrogens (tertiary/aromatic N) is 1. The Morgan fingerprint density at radius 3 is 2.41 bits per heavy atom. The summed E-state index contributed by atoms with van der Waals surface area (Å²) < 4.78 is 38.2. The third kappa shape index (κ3) is 6.29. The predicted molar refractivity (Wildman–Crippen MR) is 122 cm³/mol. The van der Waals surface area contributed by atoms with E-state index in [4.69, 9.17) is 9.47 Å². The highest BCUT2D eigenvalue weighted by Gasteiger charge is 2.21. The second-order valence-corrected chi connectivity index (χ2v) is 9.74. The Kier molecular flexibility index (Phi) is 8.25. The number of carbonyl (C=O) groups is 1. The maximum atomic E-state index is 12.6. The van der Waals surface area contributed by atoms with E-state index in [2.05, 4.69) is 10.0 Å². The summed E-state index contributed by atoms with van der Waals surface area (Å²) in [6.45, 7) is 1.33. The molecule has 0 spiro atoms. The van der Waals surface area contributed by atoms with Gasteiger partial charge >= 0.3 is 0 Å². The van der Waals surface area contributed by atoms with Crippen molar-refractivity contribution in [1.82, 2.24) is 14.9 Å². The summed E-state index contributed by atoms with van der Waals surface area (Å²) in [6, 6.07) is 13.6. The molecule has 1 amide bonds. The Hall–Kier alpha value is -2.46. The van der Waals surface area contributed by atoms with Crippen molar-refractivity contribution in [1.29, 1.82) is 0 Å². The first kappa shape index (κ1) is 24.2. The van der Waals surface area contributed by atoms with Crippen LogP contribution in [-0.2, 0) is 14.8 Å². The van der Waals surface area contributed by atoms with Gasteiger partial charge in [-0.2, -0.15) is 0 Å². The van der Waals surface area contributed by atoms with Crippen LogP contribution in [0.25, 0.3) is 0 Å². The van der Waals surface area contributed by atoms with Crippen molar-refractivity contribution in [2.75, 3.05) is 40.9 Å². The molecule has 8 nitrogen and oxygen atoms in total. The Morgan fingerprint density at radius 1 is 1.16 bits per heavy atom. The number of nitrogens with one attached hydrogen (secondary N) is 2. The van der Waals surface area contributed by atoms with Crippen LogP contribution in [0.3, 0.4) is 0 Å². The van der Waals surface area contributed by atoms with Crippen LogP contribution in [0, 0.1) is 0 Å². The van der Waals surface area contributed by atoms with Gasteiger partial charge in [-0.1, -0.05) is 12.1 Å². The van der Waals surface area contributed by atoms with Crippen LogP contribution in [0.2, 0.25) is 0 Å². The van der Waals surface area contributed by atoms with E-state index < -0.39 is 10.0 Å². The Morgan fingerprint density at radius 2 is 1.84 bits per heavy atom. The van der Waals surface area contributed by atoms with Crippen molar-refractivity contribution in [2.24, 2.45) is 0 Å². The molecule has 2 aromatic rings. The van der Waals surface area contributed by atoms with Crippen LogP contribution >= 0.6 is 0 Å². The molecule has 0 bridgehead atoms. The molecule has 2 aromatic carbocycles. The summed E-state index contributed by atoms with van der Waals surface area (Å²) in [6.07, 6.45) is 1.72. The zero-order valence-electron chi connectivity index (χ0n) is 18.7. The van der Waals surface area contributed by atoms with Gasteiger partial charge in [0.15, 0.2) is 0 Å². The fourth-order valence-electron chi connectivity index (χ4n) is 3.59. The Balaban J connectivity index is 1.59. The van der Waals surface area contributed by atoms with Crippen LogP contribution in [0.4, 0.5) is 0 Å². The third-order valence-electron chi connectivity index (χ3n) is 5.53. The summed E-state index contributed by atoms with van der Waals surface area (Å²) in [5.74, 6) is 0.511. The number of sulfonamides is 1. The molecule has 2 atom stereocenters. The van der Waals surface area contributed by atoms with Crippen LogP contribution in [-0.4, -0.2) is 66.2 Å². The minimum absolute atomic E-state index is 0.0217. The summed E-state index contributed by atoms with van der Waals surface area (Å²) >= 11 is 0. The first-order valence-corrected chi connectivity index (χ1v) is 12.1. The molecule has 174 valence electrons. The number of amides is 1. The second-order valence-electron chi connectivity index (χ2n) is 7.97. The molecule has 0 saturated carbocycles. The molecule has 0 unspecified atom stereocenters. The van der Waals surface area contributed by atoms with Crippen LogP contribution in [0.5, 0.6) is 5.75 Å². The smallest absolute Gasteiger partial charge is 0.251 e. The average Bonchev–Trinajstić information content (AvgIpc) is 3.32. The van der Waals surface area contributed by atoms with Gasteiger partial charge in [-0.3, -0.25) is 4.79 Å². The lowest BCUT2D eigenvalue weighted by Gasteiger charge is -2.25. The second kappa shape index (κ2) is 10.9. The topological polar surface area (TPSA) is 97.0 Å². The first-order valence-electron chi connectivity index (χ1n) is 10.6. The highest BCUT2D eigenvalue weighted by atomic mass is 32.2. The average molecular weight is 462 g/mol. The highest BCUT2D eigenvalue weighted by Crippen LogP contribution is 2.21. The largest absolute Gasteiger partial charge is 0.497 e. The molecular formula is C23H31N3O5S. The van der Waals surface area contributed by atoms with Gasteiger partial charge in [-0.25, -0.2) is 13.1 Å². The number of likely N-dealkylation sites (N-methyl/N-ethyl adjacent to an activating group) is 1. The lowest BCUT2D eigenvalue weighted by Crippen LogP contribution is -2.34. The number of hydrogen-bond acceptors (Lipinski definition) is 6. The minimum Gasteiger partial charge on any atom is -0.497 e. The van der Waals surface area contributed by atoms with E-state index in [1.54, 1.807) is 7.11 Å². The van der Waals surface area contributed by atoms with Gasteiger partial charge in [0, 0.05) is 25.3 Å². The Bertz CT molecular complexity index is 985. The third-order valence-corrected chi connectivity index (χ3v) is 6.97. The zero-order chi connectivity index (χ0) is 23.1. The number of benzene rings is 2. The number of methoxy groups -OCH3 is 1. The van der Waals surface area contributed by atoms with Crippen molar-refractivity contribution < 1.29 is 22.7 Å². The molecule has 32 heavy (non-hydrogen) atoms. The quantitative estimate of drug-likeness (QED) is 0.563. The maximum absolute atomic E-state index is 12.6. The summed E-state index contributed by atoms with van der Waals surface area (Å²) in [4.78, 5) is 14.8. The van der Waals surface area contributed by atoms with Crippen molar-refractivity contribution in [3.05, 3.63) is 59.7 Å². The molecule has 2 N–H and O–H groups in total. The molecule has 0 radical (unpaired) electrons. The van der Waals surface area contributed by atoms with Gasteiger partial charge < -0.3 is 19.7 Å². The standard InChI is InChI=1S/C23H31N3O5S/c1-26(2)22(17-6-10-19(30-3)11-7-17)16-24-23(27)18-8-12-21(13-9-18)32(28,29)25-15-20-5-4-14-31-20/h6-13,20,22,25H,4-5,14-16H2,1-3H3,(H,24,27)/t20-,22-/m1/s1. The fourth-order valence-corrected chi connectivity index (χ4v) is 4.66. The molecule has 1 heterocycles. The summed E-state index contributed by atoms with van der Waals surface area (Å²) in [5, 5.41) is 2.93. The molecule has 0 aromatic heterocycles.